The molecule has 2 aliphatic rings. The fourth-order valence-corrected chi connectivity index (χ4v) is 5.64. The van der Waals surface area contributed by atoms with Gasteiger partial charge in [0.05, 0.1) is 6.61 Å². The molecule has 2 aromatic rings. The van der Waals surface area contributed by atoms with Gasteiger partial charge in [-0.1, -0.05) is 36.4 Å². The lowest BCUT2D eigenvalue weighted by atomic mass is 9.76. The van der Waals surface area contributed by atoms with Crippen molar-refractivity contribution in [2.45, 2.75) is 70.1 Å². The number of hydrogen-bond acceptors (Lipinski definition) is 1. The lowest BCUT2D eigenvalue weighted by molar-refractivity contribution is 0.321. The van der Waals surface area contributed by atoms with Crippen molar-refractivity contribution in [3.05, 3.63) is 83.2 Å². The van der Waals surface area contributed by atoms with E-state index in [0.717, 1.165) is 56.9 Å². The first-order valence-electron chi connectivity index (χ1n) is 12.7. The maximum absolute atomic E-state index is 15.1. The summed E-state index contributed by atoms with van der Waals surface area (Å²) in [4.78, 5) is 0. The van der Waals surface area contributed by atoms with Crippen molar-refractivity contribution in [1.82, 2.24) is 0 Å². The molecular formula is C30H35F3O. The molecule has 2 aliphatic carbocycles. The molecule has 0 aromatic heterocycles. The van der Waals surface area contributed by atoms with Crippen LogP contribution in [0.15, 0.2) is 49.1 Å². The zero-order valence-electron chi connectivity index (χ0n) is 20.0. The van der Waals surface area contributed by atoms with Crippen LogP contribution in [0.1, 0.15) is 86.8 Å². The van der Waals surface area contributed by atoms with Gasteiger partial charge in [0.15, 0.2) is 23.2 Å². The zero-order valence-corrected chi connectivity index (χ0v) is 20.0. The Hall–Kier alpha value is -2.49. The number of hydrogen-bond donors (Lipinski definition) is 0. The zero-order chi connectivity index (χ0) is 24.1. The highest BCUT2D eigenvalue weighted by Gasteiger charge is 2.28. The summed E-state index contributed by atoms with van der Waals surface area (Å²) in [6.07, 6.45) is 13.3. The Morgan fingerprint density at radius 1 is 0.824 bits per heavy atom. The predicted octanol–water partition coefficient (Wildman–Crippen LogP) is 8.95. The van der Waals surface area contributed by atoms with Crippen LogP contribution in [0.25, 0.3) is 6.08 Å². The molecule has 0 saturated heterocycles. The van der Waals surface area contributed by atoms with Gasteiger partial charge in [0.1, 0.15) is 0 Å². The first-order chi connectivity index (χ1) is 16.5. The van der Waals surface area contributed by atoms with Gasteiger partial charge in [0, 0.05) is 0 Å². The third kappa shape index (κ3) is 5.59. The highest BCUT2D eigenvalue weighted by molar-refractivity contribution is 5.51. The normalized spacial score (nSPS) is 25.4. The van der Waals surface area contributed by atoms with Crippen molar-refractivity contribution in [1.29, 1.82) is 0 Å². The van der Waals surface area contributed by atoms with E-state index in [9.17, 15) is 4.39 Å². The molecule has 4 rings (SSSR count). The van der Waals surface area contributed by atoms with Gasteiger partial charge in [0.2, 0.25) is 0 Å². The second-order valence-corrected chi connectivity index (χ2v) is 9.81. The standard InChI is InChI=1S/C30H35F3O/c1-3-20-7-12-23(13-8-20)25-16-17-26(30(33)29(25)32)24-14-9-21(10-15-24)5-6-22-11-18-28(34-4-2)27(31)19-22/h3,5-6,11,16-21,23-24H,1,4,7-10,12-15H2,2H3/b6-5+. The van der Waals surface area contributed by atoms with Crippen LogP contribution in [0, 0.1) is 29.3 Å². The third-order valence-corrected chi connectivity index (χ3v) is 7.72. The van der Waals surface area contributed by atoms with Crippen LogP contribution < -0.4 is 4.74 Å². The van der Waals surface area contributed by atoms with Gasteiger partial charge in [-0.15, -0.1) is 6.58 Å². The summed E-state index contributed by atoms with van der Waals surface area (Å²) in [5, 5.41) is 0. The van der Waals surface area contributed by atoms with Gasteiger partial charge >= 0.3 is 0 Å². The molecule has 2 fully saturated rings. The van der Waals surface area contributed by atoms with E-state index < -0.39 is 11.6 Å². The summed E-state index contributed by atoms with van der Waals surface area (Å²) in [7, 11) is 0. The van der Waals surface area contributed by atoms with Crippen molar-refractivity contribution < 1.29 is 17.9 Å². The smallest absolute Gasteiger partial charge is 0.165 e. The molecule has 34 heavy (non-hydrogen) atoms. The van der Waals surface area contributed by atoms with Crippen LogP contribution in [-0.2, 0) is 0 Å². The lowest BCUT2D eigenvalue weighted by Crippen LogP contribution is -2.16. The molecule has 0 bridgehead atoms. The minimum Gasteiger partial charge on any atom is -0.491 e. The van der Waals surface area contributed by atoms with Crippen LogP contribution in [0.3, 0.4) is 0 Å². The van der Waals surface area contributed by atoms with Crippen LogP contribution in [-0.4, -0.2) is 6.61 Å². The number of halogens is 3. The molecule has 0 spiro atoms. The van der Waals surface area contributed by atoms with Gasteiger partial charge < -0.3 is 4.74 Å². The Balaban J connectivity index is 1.36. The molecule has 2 saturated carbocycles. The monoisotopic (exact) mass is 468 g/mol. The topological polar surface area (TPSA) is 9.23 Å². The molecule has 2 aromatic carbocycles. The van der Waals surface area contributed by atoms with Crippen molar-refractivity contribution in [3.8, 4) is 5.75 Å². The molecule has 0 unspecified atom stereocenters. The second kappa shape index (κ2) is 11.3. The molecule has 0 amide bonds. The molecule has 4 heteroatoms. The summed E-state index contributed by atoms with van der Waals surface area (Å²) in [6.45, 7) is 6.12. The quantitative estimate of drug-likeness (QED) is 0.369. The minimum absolute atomic E-state index is 0.0487. The van der Waals surface area contributed by atoms with E-state index in [4.69, 9.17) is 4.74 Å². The van der Waals surface area contributed by atoms with E-state index in [0.29, 0.717) is 29.6 Å². The number of allylic oxidation sites excluding steroid dienone is 2. The van der Waals surface area contributed by atoms with Crippen molar-refractivity contribution >= 4 is 6.08 Å². The SMILES string of the molecule is C=CC1CCC(c2ccc(C3CCC(/C=C/c4ccc(OCC)c(F)c4)CC3)c(F)c2F)CC1. The van der Waals surface area contributed by atoms with Crippen molar-refractivity contribution in [3.63, 3.8) is 0 Å². The van der Waals surface area contributed by atoms with Gasteiger partial charge in [-0.3, -0.25) is 0 Å². The summed E-state index contributed by atoms with van der Waals surface area (Å²) >= 11 is 0. The van der Waals surface area contributed by atoms with Gasteiger partial charge in [-0.2, -0.15) is 0 Å². The van der Waals surface area contributed by atoms with Crippen LogP contribution in [0.2, 0.25) is 0 Å². The molecule has 0 radical (unpaired) electrons. The van der Waals surface area contributed by atoms with Gasteiger partial charge in [-0.05, 0) is 111 Å². The second-order valence-electron chi connectivity index (χ2n) is 9.81. The van der Waals surface area contributed by atoms with Crippen LogP contribution in [0.4, 0.5) is 13.2 Å². The van der Waals surface area contributed by atoms with E-state index in [1.165, 1.54) is 6.07 Å². The maximum Gasteiger partial charge on any atom is 0.165 e. The molecule has 182 valence electrons. The summed E-state index contributed by atoms with van der Waals surface area (Å²) < 4.78 is 49.4. The van der Waals surface area contributed by atoms with Gasteiger partial charge in [-0.25, -0.2) is 13.2 Å². The van der Waals surface area contributed by atoms with Crippen LogP contribution in [0.5, 0.6) is 5.75 Å². The maximum atomic E-state index is 15.1. The highest BCUT2D eigenvalue weighted by atomic mass is 19.2. The van der Waals surface area contributed by atoms with E-state index in [-0.39, 0.29) is 23.4 Å². The largest absolute Gasteiger partial charge is 0.491 e. The molecule has 0 N–H and O–H groups in total. The number of ether oxygens (including phenoxy) is 1. The summed E-state index contributed by atoms with van der Waals surface area (Å²) in [5.41, 5.74) is 1.87. The van der Waals surface area contributed by atoms with Gasteiger partial charge in [0.25, 0.3) is 0 Å². The fourth-order valence-electron chi connectivity index (χ4n) is 5.64. The van der Waals surface area contributed by atoms with E-state index in [2.05, 4.69) is 12.7 Å². The molecule has 0 aliphatic heterocycles. The fraction of sp³-hybridized carbons (Fsp3) is 0.467. The minimum atomic E-state index is -0.646. The van der Waals surface area contributed by atoms with Crippen molar-refractivity contribution in [2.24, 2.45) is 11.8 Å². The highest BCUT2D eigenvalue weighted by Crippen LogP contribution is 2.41. The Kier molecular flexibility index (Phi) is 8.18. The van der Waals surface area contributed by atoms with E-state index in [1.54, 1.807) is 6.07 Å². The summed E-state index contributed by atoms with van der Waals surface area (Å²) in [5.74, 6) is -0.362. The predicted molar refractivity (Wildman–Crippen MR) is 133 cm³/mol. The lowest BCUT2D eigenvalue weighted by Gasteiger charge is -2.29. The number of benzene rings is 2. The molecular weight excluding hydrogens is 433 g/mol. The Bertz CT molecular complexity index is 1010. The average molecular weight is 469 g/mol. The Morgan fingerprint density at radius 2 is 1.38 bits per heavy atom. The molecule has 0 heterocycles. The Labute approximate surface area is 201 Å². The van der Waals surface area contributed by atoms with E-state index >= 15 is 8.78 Å². The third-order valence-electron chi connectivity index (χ3n) is 7.72. The van der Waals surface area contributed by atoms with Crippen LogP contribution >= 0.6 is 0 Å². The first kappa shape index (κ1) is 24.6. The molecule has 1 nitrogen and oxygen atoms in total. The number of rotatable bonds is 7. The first-order valence-corrected chi connectivity index (χ1v) is 12.7. The molecule has 0 atom stereocenters. The average Bonchev–Trinajstić information content (AvgIpc) is 2.86. The summed E-state index contributed by atoms with van der Waals surface area (Å²) in [6, 6.07) is 8.65. The van der Waals surface area contributed by atoms with Crippen molar-refractivity contribution in [2.75, 3.05) is 6.61 Å². The Morgan fingerprint density at radius 3 is 1.88 bits per heavy atom. The van der Waals surface area contributed by atoms with E-state index in [1.807, 2.05) is 37.3 Å².